The summed E-state index contributed by atoms with van der Waals surface area (Å²) in [6.45, 7) is 10.1. The third kappa shape index (κ3) is 3.82. The summed E-state index contributed by atoms with van der Waals surface area (Å²) in [5.41, 5.74) is -0.0232. The molecule has 26 heavy (non-hydrogen) atoms. The first-order valence-corrected chi connectivity index (χ1v) is 8.87. The van der Waals surface area contributed by atoms with Gasteiger partial charge in [-0.25, -0.2) is 4.98 Å². The number of piperazine rings is 1. The van der Waals surface area contributed by atoms with Crippen LogP contribution in [0, 0.1) is 13.8 Å². The van der Waals surface area contributed by atoms with Crippen LogP contribution in [0.2, 0.25) is 0 Å². The Labute approximate surface area is 151 Å². The van der Waals surface area contributed by atoms with Crippen LogP contribution in [-0.2, 0) is 11.3 Å². The fraction of sp³-hybridized carbons (Fsp3) is 0.588. The predicted octanol–water partition coefficient (Wildman–Crippen LogP) is 0.464. The quantitative estimate of drug-likeness (QED) is 0.764. The molecule has 1 saturated heterocycles. The lowest BCUT2D eigenvalue weighted by molar-refractivity contribution is -0.133. The van der Waals surface area contributed by atoms with E-state index in [1.807, 2.05) is 4.90 Å². The molecular formula is C17H24N6O3. The number of carbonyl (C=O) groups is 1. The van der Waals surface area contributed by atoms with E-state index in [0.717, 1.165) is 32.7 Å². The lowest BCUT2D eigenvalue weighted by Crippen LogP contribution is -2.48. The molecule has 0 unspecified atom stereocenters. The van der Waals surface area contributed by atoms with Gasteiger partial charge in [0.1, 0.15) is 11.4 Å². The molecule has 0 aliphatic carbocycles. The normalized spacial score (nSPS) is 15.4. The maximum atomic E-state index is 12.7. The Morgan fingerprint density at radius 2 is 1.96 bits per heavy atom. The average Bonchev–Trinajstić information content (AvgIpc) is 3.07. The van der Waals surface area contributed by atoms with E-state index in [9.17, 15) is 9.59 Å². The van der Waals surface area contributed by atoms with Gasteiger partial charge < -0.3 is 14.3 Å². The fourth-order valence-electron chi connectivity index (χ4n) is 3.07. The van der Waals surface area contributed by atoms with Gasteiger partial charge >= 0.3 is 0 Å². The summed E-state index contributed by atoms with van der Waals surface area (Å²) < 4.78 is 6.57. The molecule has 0 spiro atoms. The van der Waals surface area contributed by atoms with Crippen LogP contribution in [0.5, 0.6) is 0 Å². The van der Waals surface area contributed by atoms with Crippen molar-refractivity contribution in [2.75, 3.05) is 32.7 Å². The second kappa shape index (κ2) is 7.77. The number of aromatic nitrogens is 4. The van der Waals surface area contributed by atoms with Gasteiger partial charge in [-0.1, -0.05) is 12.1 Å². The zero-order chi connectivity index (χ0) is 18.7. The molecular weight excluding hydrogens is 336 g/mol. The Morgan fingerprint density at radius 1 is 1.23 bits per heavy atom. The van der Waals surface area contributed by atoms with E-state index >= 15 is 0 Å². The molecule has 0 atom stereocenters. The van der Waals surface area contributed by atoms with E-state index < -0.39 is 0 Å². The van der Waals surface area contributed by atoms with Gasteiger partial charge in [0.25, 0.3) is 11.4 Å². The van der Waals surface area contributed by atoms with Crippen molar-refractivity contribution in [1.29, 1.82) is 0 Å². The minimum absolute atomic E-state index is 0.0612. The molecule has 3 rings (SSSR count). The highest BCUT2D eigenvalue weighted by molar-refractivity contribution is 5.76. The molecule has 0 saturated carbocycles. The van der Waals surface area contributed by atoms with Crippen LogP contribution in [-0.4, -0.2) is 68.1 Å². The fourth-order valence-corrected chi connectivity index (χ4v) is 3.07. The summed E-state index contributed by atoms with van der Waals surface area (Å²) in [5, 5.41) is 3.71. The van der Waals surface area contributed by atoms with Gasteiger partial charge in [0.15, 0.2) is 5.82 Å². The molecule has 9 heteroatoms. The lowest BCUT2D eigenvalue weighted by atomic mass is 10.2. The number of carbonyl (C=O) groups excluding carboxylic acids is 1. The van der Waals surface area contributed by atoms with Crippen molar-refractivity contribution in [3.63, 3.8) is 0 Å². The topological polar surface area (TPSA) is 97.4 Å². The first-order valence-electron chi connectivity index (χ1n) is 8.87. The highest BCUT2D eigenvalue weighted by Crippen LogP contribution is 2.12. The Balaban J connectivity index is 1.70. The Hall–Kier alpha value is -2.55. The van der Waals surface area contributed by atoms with Crippen LogP contribution < -0.4 is 5.56 Å². The zero-order valence-corrected chi connectivity index (χ0v) is 15.4. The summed E-state index contributed by atoms with van der Waals surface area (Å²) >= 11 is 0. The maximum absolute atomic E-state index is 12.7. The summed E-state index contributed by atoms with van der Waals surface area (Å²) in [6.07, 6.45) is 1.70. The average molecular weight is 360 g/mol. The summed E-state index contributed by atoms with van der Waals surface area (Å²) in [5.74, 6) is 1.22. The first kappa shape index (κ1) is 18.2. The summed E-state index contributed by atoms with van der Waals surface area (Å²) in [7, 11) is 0. The van der Waals surface area contributed by atoms with E-state index in [0.29, 0.717) is 11.6 Å². The Bertz CT molecular complexity index is 835. The number of amides is 1. The molecule has 0 N–H and O–H groups in total. The number of likely N-dealkylation sites (N-methyl/N-ethyl adjacent to an activating group) is 1. The van der Waals surface area contributed by atoms with Crippen LogP contribution in [0.4, 0.5) is 0 Å². The van der Waals surface area contributed by atoms with Gasteiger partial charge in [-0.3, -0.25) is 14.2 Å². The van der Waals surface area contributed by atoms with Crippen LogP contribution in [0.1, 0.15) is 25.0 Å². The van der Waals surface area contributed by atoms with Gasteiger partial charge in [-0.15, -0.1) is 0 Å². The van der Waals surface area contributed by atoms with E-state index in [1.54, 1.807) is 13.8 Å². The molecule has 1 fully saturated rings. The number of hydrogen-bond donors (Lipinski definition) is 0. The monoisotopic (exact) mass is 360 g/mol. The van der Waals surface area contributed by atoms with E-state index in [1.165, 1.54) is 10.8 Å². The van der Waals surface area contributed by atoms with Crippen molar-refractivity contribution in [2.24, 2.45) is 0 Å². The molecule has 0 aromatic carbocycles. The van der Waals surface area contributed by atoms with Crippen molar-refractivity contribution in [1.82, 2.24) is 29.5 Å². The third-order valence-corrected chi connectivity index (χ3v) is 4.73. The second-order valence-corrected chi connectivity index (χ2v) is 6.39. The van der Waals surface area contributed by atoms with E-state index in [2.05, 4.69) is 26.9 Å². The van der Waals surface area contributed by atoms with Crippen molar-refractivity contribution < 1.29 is 9.32 Å². The van der Waals surface area contributed by atoms with Gasteiger partial charge in [-0.2, -0.15) is 4.98 Å². The van der Waals surface area contributed by atoms with Crippen molar-refractivity contribution >= 4 is 5.91 Å². The highest BCUT2D eigenvalue weighted by Gasteiger charge is 2.21. The minimum atomic E-state index is -0.273. The number of rotatable bonds is 5. The minimum Gasteiger partial charge on any atom is -0.340 e. The van der Waals surface area contributed by atoms with Crippen molar-refractivity contribution in [3.05, 3.63) is 28.2 Å². The Kier molecular flexibility index (Phi) is 5.46. The molecule has 1 aliphatic heterocycles. The zero-order valence-electron chi connectivity index (χ0n) is 15.4. The largest absolute Gasteiger partial charge is 0.340 e. The van der Waals surface area contributed by atoms with Gasteiger partial charge in [0.2, 0.25) is 5.91 Å². The molecule has 2 aromatic heterocycles. The third-order valence-electron chi connectivity index (χ3n) is 4.73. The lowest BCUT2D eigenvalue weighted by Gasteiger charge is -2.34. The number of hydrogen-bond acceptors (Lipinski definition) is 7. The second-order valence-electron chi connectivity index (χ2n) is 6.39. The number of aryl methyl sites for hydroxylation is 2. The smallest absolute Gasteiger partial charge is 0.266 e. The standard InChI is InChI=1S/C17H24N6O3/c1-4-21-7-9-22(10-8-21)15(24)5-6-23-13(3)18-11-14(17(23)25)16-19-12(2)20-26-16/h11H,4-10H2,1-3H3. The molecule has 140 valence electrons. The molecule has 0 bridgehead atoms. The van der Waals surface area contributed by atoms with Crippen LogP contribution >= 0.6 is 0 Å². The van der Waals surface area contributed by atoms with Crippen molar-refractivity contribution in [3.8, 4) is 11.5 Å². The van der Waals surface area contributed by atoms with E-state index in [4.69, 9.17) is 4.52 Å². The Morgan fingerprint density at radius 3 is 2.58 bits per heavy atom. The SMILES string of the molecule is CCN1CCN(C(=O)CCn2c(C)ncc(-c3nc(C)no3)c2=O)CC1. The molecule has 0 radical (unpaired) electrons. The van der Waals surface area contributed by atoms with Crippen LogP contribution in [0.3, 0.4) is 0 Å². The van der Waals surface area contributed by atoms with E-state index in [-0.39, 0.29) is 35.9 Å². The molecule has 2 aromatic rings. The highest BCUT2D eigenvalue weighted by atomic mass is 16.5. The van der Waals surface area contributed by atoms with Crippen LogP contribution in [0.25, 0.3) is 11.5 Å². The van der Waals surface area contributed by atoms with Gasteiger partial charge in [0.05, 0.1) is 0 Å². The van der Waals surface area contributed by atoms with Gasteiger partial charge in [-0.05, 0) is 20.4 Å². The maximum Gasteiger partial charge on any atom is 0.266 e. The first-order chi connectivity index (χ1) is 12.5. The summed E-state index contributed by atoms with van der Waals surface area (Å²) in [6, 6.07) is 0. The van der Waals surface area contributed by atoms with Gasteiger partial charge in [0, 0.05) is 45.3 Å². The molecule has 9 nitrogen and oxygen atoms in total. The molecule has 1 amide bonds. The molecule has 3 heterocycles. The van der Waals surface area contributed by atoms with Crippen molar-refractivity contribution in [2.45, 2.75) is 33.7 Å². The number of nitrogens with zero attached hydrogens (tertiary/aromatic N) is 6. The summed E-state index contributed by atoms with van der Waals surface area (Å²) in [4.78, 5) is 37.7. The molecule has 1 aliphatic rings. The van der Waals surface area contributed by atoms with Crippen LogP contribution in [0.15, 0.2) is 15.5 Å². The predicted molar refractivity (Wildman–Crippen MR) is 94.6 cm³/mol.